The standard InChI is InChI=1S/C11H15N5O/c1-11(17)2-4-16(5-3-11)10-8-9(13-6-12-8)14-7-15-10/h6-7,17H,2-5H2,1H3,(H,12,13,14,15). The molecule has 0 aliphatic carbocycles. The highest BCUT2D eigenvalue weighted by molar-refractivity contribution is 5.82. The number of rotatable bonds is 1. The van der Waals surface area contributed by atoms with E-state index in [1.165, 1.54) is 6.33 Å². The van der Waals surface area contributed by atoms with Crippen molar-refractivity contribution in [3.63, 3.8) is 0 Å². The molecule has 0 bridgehead atoms. The highest BCUT2D eigenvalue weighted by atomic mass is 16.3. The van der Waals surface area contributed by atoms with Gasteiger partial charge in [0, 0.05) is 13.1 Å². The normalized spacial score (nSPS) is 19.8. The van der Waals surface area contributed by atoms with Crippen molar-refractivity contribution >= 4 is 17.0 Å². The summed E-state index contributed by atoms with van der Waals surface area (Å²) in [5, 5.41) is 9.93. The molecule has 0 atom stereocenters. The van der Waals surface area contributed by atoms with E-state index in [-0.39, 0.29) is 0 Å². The Labute approximate surface area is 98.7 Å². The quantitative estimate of drug-likeness (QED) is 0.758. The van der Waals surface area contributed by atoms with E-state index in [2.05, 4.69) is 24.8 Å². The highest BCUT2D eigenvalue weighted by Gasteiger charge is 2.28. The van der Waals surface area contributed by atoms with Crippen LogP contribution in [-0.2, 0) is 0 Å². The Kier molecular flexibility index (Phi) is 2.25. The van der Waals surface area contributed by atoms with Crippen molar-refractivity contribution in [1.82, 2.24) is 19.9 Å². The van der Waals surface area contributed by atoms with Crippen LogP contribution in [0.25, 0.3) is 11.2 Å². The van der Waals surface area contributed by atoms with Crippen molar-refractivity contribution in [2.45, 2.75) is 25.4 Å². The monoisotopic (exact) mass is 233 g/mol. The number of nitrogens with zero attached hydrogens (tertiary/aromatic N) is 4. The van der Waals surface area contributed by atoms with E-state index in [4.69, 9.17) is 0 Å². The fraction of sp³-hybridized carbons (Fsp3) is 0.545. The lowest BCUT2D eigenvalue weighted by atomic mass is 9.94. The van der Waals surface area contributed by atoms with Gasteiger partial charge in [-0.15, -0.1) is 0 Å². The number of fused-ring (bicyclic) bond motifs is 1. The van der Waals surface area contributed by atoms with Gasteiger partial charge in [0.2, 0.25) is 0 Å². The van der Waals surface area contributed by atoms with Gasteiger partial charge >= 0.3 is 0 Å². The third-order valence-corrected chi connectivity index (χ3v) is 3.34. The molecule has 1 aliphatic rings. The van der Waals surface area contributed by atoms with Crippen molar-refractivity contribution in [2.75, 3.05) is 18.0 Å². The van der Waals surface area contributed by atoms with Crippen molar-refractivity contribution in [3.8, 4) is 0 Å². The van der Waals surface area contributed by atoms with Gasteiger partial charge in [0.05, 0.1) is 11.9 Å². The summed E-state index contributed by atoms with van der Waals surface area (Å²) in [6, 6.07) is 0. The van der Waals surface area contributed by atoms with Crippen LogP contribution in [0.4, 0.5) is 5.82 Å². The summed E-state index contributed by atoms with van der Waals surface area (Å²) in [6.07, 6.45) is 4.67. The van der Waals surface area contributed by atoms with Gasteiger partial charge in [-0.1, -0.05) is 0 Å². The molecule has 0 spiro atoms. The number of aliphatic hydroxyl groups is 1. The molecule has 6 heteroatoms. The molecular formula is C11H15N5O. The molecule has 3 heterocycles. The van der Waals surface area contributed by atoms with Gasteiger partial charge in [-0.2, -0.15) is 0 Å². The fourth-order valence-electron chi connectivity index (χ4n) is 2.19. The maximum Gasteiger partial charge on any atom is 0.182 e. The van der Waals surface area contributed by atoms with Crippen LogP contribution in [0.15, 0.2) is 12.7 Å². The predicted molar refractivity (Wildman–Crippen MR) is 63.8 cm³/mol. The van der Waals surface area contributed by atoms with Gasteiger partial charge in [-0.3, -0.25) is 0 Å². The van der Waals surface area contributed by atoms with Crippen LogP contribution in [0.5, 0.6) is 0 Å². The van der Waals surface area contributed by atoms with Crippen LogP contribution >= 0.6 is 0 Å². The number of H-pyrrole nitrogens is 1. The number of imidazole rings is 1. The van der Waals surface area contributed by atoms with E-state index in [0.717, 1.165) is 37.3 Å². The van der Waals surface area contributed by atoms with Gasteiger partial charge in [-0.25, -0.2) is 15.0 Å². The van der Waals surface area contributed by atoms with Gasteiger partial charge in [0.1, 0.15) is 11.8 Å². The van der Waals surface area contributed by atoms with Crippen molar-refractivity contribution in [2.24, 2.45) is 0 Å². The molecule has 6 nitrogen and oxygen atoms in total. The van der Waals surface area contributed by atoms with Gasteiger partial charge in [0.25, 0.3) is 0 Å². The number of nitrogens with one attached hydrogen (secondary N) is 1. The summed E-state index contributed by atoms with van der Waals surface area (Å²) >= 11 is 0. The molecule has 17 heavy (non-hydrogen) atoms. The van der Waals surface area contributed by atoms with E-state index in [0.29, 0.717) is 5.65 Å². The molecule has 0 unspecified atom stereocenters. The molecule has 2 aromatic heterocycles. The second-order valence-corrected chi connectivity index (χ2v) is 4.78. The van der Waals surface area contributed by atoms with E-state index >= 15 is 0 Å². The summed E-state index contributed by atoms with van der Waals surface area (Å²) in [4.78, 5) is 17.8. The van der Waals surface area contributed by atoms with Crippen LogP contribution in [0.3, 0.4) is 0 Å². The minimum Gasteiger partial charge on any atom is -0.390 e. The van der Waals surface area contributed by atoms with E-state index < -0.39 is 5.60 Å². The molecule has 0 saturated carbocycles. The largest absolute Gasteiger partial charge is 0.390 e. The molecule has 0 aromatic carbocycles. The number of hydrogen-bond acceptors (Lipinski definition) is 5. The number of aromatic amines is 1. The van der Waals surface area contributed by atoms with E-state index in [1.807, 2.05) is 6.92 Å². The third kappa shape index (κ3) is 1.84. The van der Waals surface area contributed by atoms with Crippen molar-refractivity contribution < 1.29 is 5.11 Å². The lowest BCUT2D eigenvalue weighted by Gasteiger charge is -2.36. The van der Waals surface area contributed by atoms with Crippen LogP contribution in [0.1, 0.15) is 19.8 Å². The zero-order valence-electron chi connectivity index (χ0n) is 9.72. The lowest BCUT2D eigenvalue weighted by molar-refractivity contribution is 0.0350. The van der Waals surface area contributed by atoms with E-state index in [1.54, 1.807) is 6.33 Å². The molecule has 0 radical (unpaired) electrons. The minimum absolute atomic E-state index is 0.545. The van der Waals surface area contributed by atoms with Crippen LogP contribution in [0.2, 0.25) is 0 Å². The average Bonchev–Trinajstić information content (AvgIpc) is 2.77. The molecule has 90 valence electrons. The smallest absolute Gasteiger partial charge is 0.182 e. The number of aromatic nitrogens is 4. The van der Waals surface area contributed by atoms with Crippen LogP contribution < -0.4 is 4.90 Å². The Morgan fingerprint density at radius 3 is 2.82 bits per heavy atom. The van der Waals surface area contributed by atoms with E-state index in [9.17, 15) is 5.11 Å². The molecular weight excluding hydrogens is 218 g/mol. The summed E-state index contributed by atoms with van der Waals surface area (Å²) in [7, 11) is 0. The van der Waals surface area contributed by atoms with Gasteiger partial charge in [0.15, 0.2) is 11.5 Å². The fourth-order valence-corrected chi connectivity index (χ4v) is 2.19. The zero-order chi connectivity index (χ0) is 11.9. The summed E-state index contributed by atoms with van der Waals surface area (Å²) in [6.45, 7) is 3.49. The van der Waals surface area contributed by atoms with Crippen molar-refractivity contribution in [3.05, 3.63) is 12.7 Å². The Balaban J connectivity index is 1.92. The first-order valence-corrected chi connectivity index (χ1v) is 5.77. The molecule has 3 rings (SSSR count). The summed E-state index contributed by atoms with van der Waals surface area (Å²) in [5.41, 5.74) is 1.01. The molecule has 2 aromatic rings. The lowest BCUT2D eigenvalue weighted by Crippen LogP contribution is -2.42. The van der Waals surface area contributed by atoms with Gasteiger partial charge < -0.3 is 15.0 Å². The first kappa shape index (κ1) is 10.5. The number of hydrogen-bond donors (Lipinski definition) is 2. The van der Waals surface area contributed by atoms with Crippen LogP contribution in [-0.4, -0.2) is 43.7 Å². The molecule has 2 N–H and O–H groups in total. The Morgan fingerprint density at radius 2 is 2.06 bits per heavy atom. The van der Waals surface area contributed by atoms with Crippen LogP contribution in [0, 0.1) is 0 Å². The molecule has 0 amide bonds. The number of piperidine rings is 1. The molecule has 1 saturated heterocycles. The van der Waals surface area contributed by atoms with Crippen molar-refractivity contribution in [1.29, 1.82) is 0 Å². The molecule has 1 aliphatic heterocycles. The zero-order valence-corrected chi connectivity index (χ0v) is 9.72. The van der Waals surface area contributed by atoms with Gasteiger partial charge in [-0.05, 0) is 19.8 Å². The average molecular weight is 233 g/mol. The summed E-state index contributed by atoms with van der Waals surface area (Å²) < 4.78 is 0. The maximum atomic E-state index is 9.93. The summed E-state index contributed by atoms with van der Waals surface area (Å²) in [5.74, 6) is 0.878. The first-order chi connectivity index (χ1) is 8.16. The second-order valence-electron chi connectivity index (χ2n) is 4.78. The third-order valence-electron chi connectivity index (χ3n) is 3.34. The Hall–Kier alpha value is -1.69. The first-order valence-electron chi connectivity index (χ1n) is 5.77. The predicted octanol–water partition coefficient (Wildman–Crippen LogP) is 0.704. The second kappa shape index (κ2) is 3.66. The Bertz CT molecular complexity index is 525. The maximum absolute atomic E-state index is 9.93. The topological polar surface area (TPSA) is 77.9 Å². The Morgan fingerprint density at radius 1 is 1.29 bits per heavy atom. The minimum atomic E-state index is -0.545. The number of anilines is 1. The SMILES string of the molecule is CC1(O)CCN(c2ncnc3nc[nH]c23)CC1. The highest BCUT2D eigenvalue weighted by Crippen LogP contribution is 2.27. The molecule has 1 fully saturated rings.